The van der Waals surface area contributed by atoms with Crippen molar-refractivity contribution in [3.63, 3.8) is 0 Å². The van der Waals surface area contributed by atoms with E-state index in [-0.39, 0.29) is 6.54 Å². The van der Waals surface area contributed by atoms with Crippen LogP contribution in [0.25, 0.3) is 0 Å². The zero-order valence-corrected chi connectivity index (χ0v) is 9.19. The summed E-state index contributed by atoms with van der Waals surface area (Å²) in [6.07, 6.45) is -4.47. The van der Waals surface area contributed by atoms with Crippen LogP contribution < -0.4 is 16.0 Å². The Kier molecular flexibility index (Phi) is 7.03. The number of ether oxygens (including phenoxy) is 1. The number of carbonyl (C=O) groups is 2. The lowest BCUT2D eigenvalue weighted by molar-refractivity contribution is -0.122. The first-order valence-corrected chi connectivity index (χ1v) is 4.69. The van der Waals surface area contributed by atoms with Gasteiger partial charge in [-0.2, -0.15) is 13.2 Å². The molecule has 0 radical (unpaired) electrons. The summed E-state index contributed by atoms with van der Waals surface area (Å²) in [6.45, 7) is -1.26. The first-order chi connectivity index (χ1) is 7.85. The minimum Gasteiger partial charge on any atom is -0.383 e. The fourth-order valence-corrected chi connectivity index (χ4v) is 0.759. The molecule has 0 aliphatic carbocycles. The molecule has 0 aromatic carbocycles. The third kappa shape index (κ3) is 10.8. The van der Waals surface area contributed by atoms with Gasteiger partial charge in [0.25, 0.3) is 0 Å². The summed E-state index contributed by atoms with van der Waals surface area (Å²) in [5.74, 6) is -0.510. The van der Waals surface area contributed by atoms with Gasteiger partial charge in [0.1, 0.15) is 6.54 Å². The van der Waals surface area contributed by atoms with Crippen LogP contribution in [0, 0.1) is 0 Å². The van der Waals surface area contributed by atoms with Crippen LogP contribution >= 0.6 is 0 Å². The highest BCUT2D eigenvalue weighted by Gasteiger charge is 2.27. The van der Waals surface area contributed by atoms with Crippen molar-refractivity contribution in [1.82, 2.24) is 16.0 Å². The zero-order valence-electron chi connectivity index (χ0n) is 9.19. The van der Waals surface area contributed by atoms with Gasteiger partial charge in [-0.1, -0.05) is 0 Å². The van der Waals surface area contributed by atoms with E-state index < -0.39 is 31.2 Å². The van der Waals surface area contributed by atoms with E-state index in [0.717, 1.165) is 0 Å². The van der Waals surface area contributed by atoms with E-state index >= 15 is 0 Å². The normalized spacial score (nSPS) is 10.8. The summed E-state index contributed by atoms with van der Waals surface area (Å²) in [4.78, 5) is 21.8. The topological polar surface area (TPSA) is 79.5 Å². The zero-order chi connectivity index (χ0) is 13.3. The third-order valence-electron chi connectivity index (χ3n) is 1.49. The van der Waals surface area contributed by atoms with E-state index in [2.05, 4.69) is 10.1 Å². The molecule has 0 fully saturated rings. The molecule has 0 bridgehead atoms. The van der Waals surface area contributed by atoms with Crippen LogP contribution in [0.4, 0.5) is 18.0 Å². The molecule has 6 nitrogen and oxygen atoms in total. The summed E-state index contributed by atoms with van der Waals surface area (Å²) in [5.41, 5.74) is 0. The molecule has 0 unspecified atom stereocenters. The molecule has 0 saturated heterocycles. The summed E-state index contributed by atoms with van der Waals surface area (Å²) >= 11 is 0. The van der Waals surface area contributed by atoms with Crippen LogP contribution in [0.1, 0.15) is 0 Å². The predicted octanol–water partition coefficient (Wildman–Crippen LogP) is -0.389. The predicted molar refractivity (Wildman–Crippen MR) is 52.3 cm³/mol. The van der Waals surface area contributed by atoms with E-state index in [9.17, 15) is 22.8 Å². The van der Waals surface area contributed by atoms with Crippen molar-refractivity contribution in [3.05, 3.63) is 0 Å². The lowest BCUT2D eigenvalue weighted by atomic mass is 10.5. The Hall–Kier alpha value is -1.51. The molecule has 0 heterocycles. The van der Waals surface area contributed by atoms with Crippen molar-refractivity contribution in [1.29, 1.82) is 0 Å². The average molecular weight is 257 g/mol. The van der Waals surface area contributed by atoms with Gasteiger partial charge in [-0.05, 0) is 0 Å². The Balaban J connectivity index is 3.59. The van der Waals surface area contributed by atoms with E-state index in [1.807, 2.05) is 5.32 Å². The molecule has 0 aromatic heterocycles. The molecular weight excluding hydrogens is 243 g/mol. The van der Waals surface area contributed by atoms with Crippen molar-refractivity contribution < 1.29 is 27.5 Å². The Morgan fingerprint density at radius 3 is 2.35 bits per heavy atom. The number of urea groups is 1. The maximum atomic E-state index is 11.7. The summed E-state index contributed by atoms with van der Waals surface area (Å²) in [6, 6.07) is -1.05. The average Bonchev–Trinajstić information content (AvgIpc) is 2.23. The van der Waals surface area contributed by atoms with E-state index in [4.69, 9.17) is 0 Å². The first kappa shape index (κ1) is 15.5. The highest BCUT2D eigenvalue weighted by Crippen LogP contribution is 2.11. The number of nitrogens with one attached hydrogen (secondary N) is 3. The number of amides is 3. The molecule has 17 heavy (non-hydrogen) atoms. The van der Waals surface area contributed by atoms with Crippen LogP contribution in [0.5, 0.6) is 0 Å². The molecule has 0 aliphatic rings. The van der Waals surface area contributed by atoms with Crippen molar-refractivity contribution in [2.45, 2.75) is 6.18 Å². The largest absolute Gasteiger partial charge is 0.405 e. The second-order valence-electron chi connectivity index (χ2n) is 2.99. The van der Waals surface area contributed by atoms with Gasteiger partial charge in [-0.3, -0.25) is 4.79 Å². The number of alkyl halides is 3. The van der Waals surface area contributed by atoms with Crippen LogP contribution in [-0.2, 0) is 9.53 Å². The minimum absolute atomic E-state index is 0.265. The standard InChI is InChI=1S/C8H14F3N3O3/c1-17-3-2-12-6(15)4-13-7(16)14-5-8(9,10)11/h2-5H2,1H3,(H,12,15)(H2,13,14,16). The molecule has 0 aliphatic heterocycles. The molecule has 0 aromatic rings. The number of methoxy groups -OCH3 is 1. The number of rotatable bonds is 6. The fourth-order valence-electron chi connectivity index (χ4n) is 0.759. The van der Waals surface area contributed by atoms with Crippen molar-refractivity contribution in [2.24, 2.45) is 0 Å². The fraction of sp³-hybridized carbons (Fsp3) is 0.750. The second kappa shape index (κ2) is 7.71. The third-order valence-corrected chi connectivity index (χ3v) is 1.49. The molecule has 0 saturated carbocycles. The lowest BCUT2D eigenvalue weighted by Gasteiger charge is -2.09. The molecule has 9 heteroatoms. The quantitative estimate of drug-likeness (QED) is 0.567. The van der Waals surface area contributed by atoms with Crippen LogP contribution in [0.15, 0.2) is 0 Å². The van der Waals surface area contributed by atoms with Crippen molar-refractivity contribution in [2.75, 3.05) is 33.4 Å². The van der Waals surface area contributed by atoms with E-state index in [1.165, 1.54) is 7.11 Å². The highest BCUT2D eigenvalue weighted by atomic mass is 19.4. The number of hydrogen-bond acceptors (Lipinski definition) is 3. The Morgan fingerprint density at radius 1 is 1.18 bits per heavy atom. The number of halogens is 3. The maximum Gasteiger partial charge on any atom is 0.405 e. The van der Waals surface area contributed by atoms with Gasteiger partial charge >= 0.3 is 12.2 Å². The Labute approximate surface area is 95.9 Å². The Bertz CT molecular complexity index is 258. The molecule has 3 amide bonds. The van der Waals surface area contributed by atoms with Crippen LogP contribution in [-0.4, -0.2) is 51.5 Å². The van der Waals surface area contributed by atoms with Gasteiger partial charge in [0.15, 0.2) is 0 Å². The number of hydrogen-bond donors (Lipinski definition) is 3. The van der Waals surface area contributed by atoms with E-state index in [0.29, 0.717) is 6.61 Å². The van der Waals surface area contributed by atoms with Gasteiger partial charge in [0.05, 0.1) is 13.2 Å². The van der Waals surface area contributed by atoms with Gasteiger partial charge in [0, 0.05) is 13.7 Å². The van der Waals surface area contributed by atoms with Gasteiger partial charge in [-0.15, -0.1) is 0 Å². The molecule has 0 spiro atoms. The van der Waals surface area contributed by atoms with Gasteiger partial charge < -0.3 is 20.7 Å². The van der Waals surface area contributed by atoms with Gasteiger partial charge in [0.2, 0.25) is 5.91 Å². The molecule has 100 valence electrons. The molecule has 0 rings (SSSR count). The highest BCUT2D eigenvalue weighted by molar-refractivity contribution is 5.83. The van der Waals surface area contributed by atoms with Gasteiger partial charge in [-0.25, -0.2) is 4.79 Å². The molecule has 3 N–H and O–H groups in total. The maximum absolute atomic E-state index is 11.7. The van der Waals surface area contributed by atoms with Crippen LogP contribution in [0.2, 0.25) is 0 Å². The molecular formula is C8H14F3N3O3. The second-order valence-corrected chi connectivity index (χ2v) is 2.99. The summed E-state index contributed by atoms with van der Waals surface area (Å²) < 4.78 is 39.7. The summed E-state index contributed by atoms with van der Waals surface area (Å²) in [5, 5.41) is 5.93. The van der Waals surface area contributed by atoms with Crippen molar-refractivity contribution in [3.8, 4) is 0 Å². The lowest BCUT2D eigenvalue weighted by Crippen LogP contribution is -2.45. The van der Waals surface area contributed by atoms with E-state index in [1.54, 1.807) is 5.32 Å². The SMILES string of the molecule is COCCNC(=O)CNC(=O)NCC(F)(F)F. The Morgan fingerprint density at radius 2 is 1.82 bits per heavy atom. The van der Waals surface area contributed by atoms with Crippen LogP contribution in [0.3, 0.4) is 0 Å². The summed E-state index contributed by atoms with van der Waals surface area (Å²) in [7, 11) is 1.45. The number of carbonyl (C=O) groups excluding carboxylic acids is 2. The minimum atomic E-state index is -4.47. The van der Waals surface area contributed by atoms with Crippen molar-refractivity contribution >= 4 is 11.9 Å². The molecule has 0 atom stereocenters. The first-order valence-electron chi connectivity index (χ1n) is 4.69. The monoisotopic (exact) mass is 257 g/mol. The smallest absolute Gasteiger partial charge is 0.383 e.